The number of benzene rings is 8. The Bertz CT molecular complexity index is 2910. The normalized spacial score (nSPS) is 12.7. The number of allylic oxidation sites excluding steroid dienone is 4. The molecule has 1 aliphatic carbocycles. The fourth-order valence-corrected chi connectivity index (χ4v) is 8.43. The number of hydrogen-bond donors (Lipinski definition) is 0. The number of para-hydroxylation sites is 2. The van der Waals surface area contributed by atoms with E-state index in [0.29, 0.717) is 0 Å². The van der Waals surface area contributed by atoms with E-state index in [1.54, 1.807) is 0 Å². The number of fused-ring (bicyclic) bond motifs is 4. The predicted octanol–water partition coefficient (Wildman–Crippen LogP) is 14.9. The van der Waals surface area contributed by atoms with Crippen molar-refractivity contribution in [1.29, 1.82) is 0 Å². The van der Waals surface area contributed by atoms with Crippen LogP contribution in [0.5, 0.6) is 0 Å². The summed E-state index contributed by atoms with van der Waals surface area (Å²) in [5.74, 6) is 0. The second kappa shape index (κ2) is 13.8. The first kappa shape index (κ1) is 32.7. The van der Waals surface area contributed by atoms with Crippen molar-refractivity contribution in [2.24, 2.45) is 0 Å². The van der Waals surface area contributed by atoms with Gasteiger partial charge in [0.15, 0.2) is 0 Å². The molecule has 0 bridgehead atoms. The Kier molecular flexibility index (Phi) is 8.22. The van der Waals surface area contributed by atoms with Gasteiger partial charge in [-0.15, -0.1) is 0 Å². The molecule has 2 nitrogen and oxygen atoms in total. The van der Waals surface area contributed by atoms with Gasteiger partial charge in [-0.2, -0.15) is 0 Å². The highest BCUT2D eigenvalue weighted by atomic mass is 15.1. The molecule has 0 atom stereocenters. The van der Waals surface area contributed by atoms with Crippen LogP contribution in [0, 0.1) is 6.92 Å². The molecule has 10 rings (SSSR count). The van der Waals surface area contributed by atoms with E-state index in [1.165, 1.54) is 77.2 Å². The van der Waals surface area contributed by atoms with Crippen LogP contribution in [0.15, 0.2) is 200 Å². The lowest BCUT2D eigenvalue weighted by molar-refractivity contribution is 1.02. The molecule has 1 aromatic heterocycles. The van der Waals surface area contributed by atoms with Crippen molar-refractivity contribution in [1.82, 2.24) is 4.57 Å². The minimum Gasteiger partial charge on any atom is -0.310 e. The molecule has 1 heterocycles. The van der Waals surface area contributed by atoms with E-state index < -0.39 is 0 Å². The van der Waals surface area contributed by atoms with Gasteiger partial charge >= 0.3 is 0 Å². The lowest BCUT2D eigenvalue weighted by atomic mass is 9.89. The molecule has 1 aliphatic rings. The number of nitrogens with zero attached hydrogens (tertiary/aromatic N) is 2. The van der Waals surface area contributed by atoms with E-state index in [9.17, 15) is 0 Å². The SMILES string of the molecule is Cc1ccc(N(c2ccc(-c3ccc4c(c3)c3ccccc3n4C3=CCCC=C3)cc2)c2ccccc2-c2ccc3ccccc3c2-c2ccccc2)cc1. The zero-order valence-electron chi connectivity index (χ0n) is 30.9. The molecule has 0 aliphatic heterocycles. The largest absolute Gasteiger partial charge is 0.310 e. The Morgan fingerprint density at radius 3 is 1.95 bits per heavy atom. The molecule has 55 heavy (non-hydrogen) atoms. The third-order valence-corrected chi connectivity index (χ3v) is 11.1. The van der Waals surface area contributed by atoms with Gasteiger partial charge in [0.2, 0.25) is 0 Å². The minimum absolute atomic E-state index is 1.07. The lowest BCUT2D eigenvalue weighted by Crippen LogP contribution is -2.11. The van der Waals surface area contributed by atoms with Crippen molar-refractivity contribution >= 4 is 55.3 Å². The Morgan fingerprint density at radius 1 is 0.473 bits per heavy atom. The van der Waals surface area contributed by atoms with E-state index in [0.717, 1.165) is 29.9 Å². The molecule has 262 valence electrons. The van der Waals surface area contributed by atoms with Gasteiger partial charge in [-0.1, -0.05) is 151 Å². The maximum atomic E-state index is 2.42. The fourth-order valence-electron chi connectivity index (χ4n) is 8.43. The van der Waals surface area contributed by atoms with E-state index in [4.69, 9.17) is 0 Å². The topological polar surface area (TPSA) is 8.17 Å². The molecule has 0 N–H and O–H groups in total. The average molecular weight is 705 g/mol. The Labute approximate surface area is 322 Å². The second-order valence-corrected chi connectivity index (χ2v) is 14.5. The molecule has 0 spiro atoms. The summed E-state index contributed by atoms with van der Waals surface area (Å²) < 4.78 is 2.42. The monoisotopic (exact) mass is 704 g/mol. The second-order valence-electron chi connectivity index (χ2n) is 14.5. The number of anilines is 3. The number of aryl methyl sites for hydroxylation is 1. The van der Waals surface area contributed by atoms with Gasteiger partial charge in [0.25, 0.3) is 0 Å². The van der Waals surface area contributed by atoms with Gasteiger partial charge in [0.1, 0.15) is 0 Å². The van der Waals surface area contributed by atoms with Crippen molar-refractivity contribution in [3.63, 3.8) is 0 Å². The summed E-state index contributed by atoms with van der Waals surface area (Å²) in [5.41, 5.74) is 15.6. The van der Waals surface area contributed by atoms with Crippen LogP contribution < -0.4 is 4.90 Å². The van der Waals surface area contributed by atoms with E-state index in [-0.39, 0.29) is 0 Å². The van der Waals surface area contributed by atoms with Crippen LogP contribution in [0.25, 0.3) is 71.7 Å². The summed E-state index contributed by atoms with van der Waals surface area (Å²) in [6.07, 6.45) is 9.09. The smallest absolute Gasteiger partial charge is 0.0541 e. The summed E-state index contributed by atoms with van der Waals surface area (Å²) in [6.45, 7) is 2.15. The Balaban J connectivity index is 1.11. The highest BCUT2D eigenvalue weighted by Crippen LogP contribution is 2.46. The van der Waals surface area contributed by atoms with Gasteiger partial charge in [-0.25, -0.2) is 0 Å². The third-order valence-electron chi connectivity index (χ3n) is 11.1. The van der Waals surface area contributed by atoms with Gasteiger partial charge in [-0.3, -0.25) is 0 Å². The number of hydrogen-bond acceptors (Lipinski definition) is 1. The average Bonchev–Trinajstić information content (AvgIpc) is 3.59. The van der Waals surface area contributed by atoms with Gasteiger partial charge in [0.05, 0.1) is 16.7 Å². The first-order chi connectivity index (χ1) is 27.2. The van der Waals surface area contributed by atoms with Gasteiger partial charge < -0.3 is 9.47 Å². The molecular formula is C53H40N2. The summed E-state index contributed by atoms with van der Waals surface area (Å²) in [7, 11) is 0. The highest BCUT2D eigenvalue weighted by Gasteiger charge is 2.21. The van der Waals surface area contributed by atoms with Crippen LogP contribution >= 0.6 is 0 Å². The molecule has 0 unspecified atom stereocenters. The summed E-state index contributed by atoms with van der Waals surface area (Å²) in [4.78, 5) is 2.41. The van der Waals surface area contributed by atoms with Crippen LogP contribution in [-0.4, -0.2) is 4.57 Å². The van der Waals surface area contributed by atoms with Crippen LogP contribution in [0.1, 0.15) is 18.4 Å². The van der Waals surface area contributed by atoms with E-state index in [2.05, 4.69) is 217 Å². The highest BCUT2D eigenvalue weighted by molar-refractivity contribution is 6.12. The first-order valence-electron chi connectivity index (χ1n) is 19.3. The van der Waals surface area contributed by atoms with Crippen molar-refractivity contribution in [3.8, 4) is 33.4 Å². The molecule has 0 saturated heterocycles. The van der Waals surface area contributed by atoms with Gasteiger partial charge in [-0.05, 0) is 113 Å². The van der Waals surface area contributed by atoms with Gasteiger partial charge in [0, 0.05) is 33.4 Å². The minimum atomic E-state index is 1.07. The predicted molar refractivity (Wildman–Crippen MR) is 235 cm³/mol. The summed E-state index contributed by atoms with van der Waals surface area (Å²) in [5, 5.41) is 5.04. The summed E-state index contributed by atoms with van der Waals surface area (Å²) >= 11 is 0. The van der Waals surface area contributed by atoms with Crippen molar-refractivity contribution in [2.45, 2.75) is 19.8 Å². The van der Waals surface area contributed by atoms with Crippen LogP contribution in [-0.2, 0) is 0 Å². The first-order valence-corrected chi connectivity index (χ1v) is 19.3. The maximum absolute atomic E-state index is 2.42. The van der Waals surface area contributed by atoms with Crippen molar-refractivity contribution in [2.75, 3.05) is 4.90 Å². The molecular weight excluding hydrogens is 665 g/mol. The number of rotatable bonds is 7. The number of aromatic nitrogens is 1. The zero-order valence-corrected chi connectivity index (χ0v) is 30.9. The summed E-state index contributed by atoms with van der Waals surface area (Å²) in [6, 6.07) is 66.6. The molecule has 0 radical (unpaired) electrons. The van der Waals surface area contributed by atoms with Crippen LogP contribution in [0.2, 0.25) is 0 Å². The molecule has 0 amide bonds. The zero-order chi connectivity index (χ0) is 36.7. The lowest BCUT2D eigenvalue weighted by Gasteiger charge is -2.29. The van der Waals surface area contributed by atoms with Crippen molar-refractivity contribution in [3.05, 3.63) is 206 Å². The van der Waals surface area contributed by atoms with E-state index >= 15 is 0 Å². The molecule has 2 heteroatoms. The maximum Gasteiger partial charge on any atom is 0.0541 e. The van der Waals surface area contributed by atoms with Crippen LogP contribution in [0.3, 0.4) is 0 Å². The fraction of sp³-hybridized carbons (Fsp3) is 0.0566. The van der Waals surface area contributed by atoms with E-state index in [1.807, 2.05) is 0 Å². The Hall–Kier alpha value is -6.90. The van der Waals surface area contributed by atoms with Crippen LogP contribution in [0.4, 0.5) is 17.1 Å². The standard InChI is InChI=1S/C53H40N2/c1-37-24-30-43(31-25-37)54(50-22-12-10-20-46(50)48-34-28-39-14-8-9-19-45(39)53(48)40-15-4-2-5-16-40)44-32-26-38(27-33-44)41-29-35-52-49(36-41)47-21-11-13-23-51(47)55(52)42-17-6-3-7-18-42/h2,4-6,8-36H,3,7H2,1H3. The molecule has 0 saturated carbocycles. The molecule has 9 aromatic rings. The molecule has 0 fully saturated rings. The molecule has 8 aromatic carbocycles. The Morgan fingerprint density at radius 2 is 1.15 bits per heavy atom. The quantitative estimate of drug-likeness (QED) is 0.160. The third kappa shape index (κ3) is 5.84. The van der Waals surface area contributed by atoms with Crippen molar-refractivity contribution < 1.29 is 0 Å².